The zero-order chi connectivity index (χ0) is 15.4. The Morgan fingerprint density at radius 1 is 1.43 bits per heavy atom. The fourth-order valence-corrected chi connectivity index (χ4v) is 3.08. The molecule has 0 saturated carbocycles. The minimum atomic E-state index is -0.248. The van der Waals surface area contributed by atoms with Gasteiger partial charge in [0.1, 0.15) is 0 Å². The van der Waals surface area contributed by atoms with E-state index in [1.165, 1.54) is 12.8 Å². The summed E-state index contributed by atoms with van der Waals surface area (Å²) in [5.41, 5.74) is 7.27. The number of carbonyl (C=O) groups excluding carboxylic acids is 1. The third-order valence-electron chi connectivity index (χ3n) is 4.65. The minimum absolute atomic E-state index is 0.131. The quantitative estimate of drug-likeness (QED) is 0.900. The monoisotopic (exact) mass is 289 g/mol. The normalized spacial score (nSPS) is 22.0. The molecule has 1 aromatic carbocycles. The second-order valence-electron chi connectivity index (χ2n) is 6.22. The summed E-state index contributed by atoms with van der Waals surface area (Å²) in [7, 11) is 4.03. The van der Waals surface area contributed by atoms with Gasteiger partial charge in [-0.2, -0.15) is 0 Å². The summed E-state index contributed by atoms with van der Waals surface area (Å²) in [5.74, 6) is -0.0734. The van der Waals surface area contributed by atoms with Crippen molar-refractivity contribution in [3.05, 3.63) is 35.9 Å². The van der Waals surface area contributed by atoms with E-state index in [1.54, 1.807) is 0 Å². The highest BCUT2D eigenvalue weighted by Crippen LogP contribution is 2.22. The van der Waals surface area contributed by atoms with Gasteiger partial charge in [0.2, 0.25) is 5.91 Å². The smallest absolute Gasteiger partial charge is 0.227 e. The highest BCUT2D eigenvalue weighted by molar-refractivity contribution is 5.79. The number of nitrogens with two attached hydrogens (primary N) is 1. The first-order valence-electron chi connectivity index (χ1n) is 7.76. The van der Waals surface area contributed by atoms with Crippen LogP contribution in [-0.4, -0.2) is 48.9 Å². The second-order valence-corrected chi connectivity index (χ2v) is 6.22. The van der Waals surface area contributed by atoms with Crippen LogP contribution in [0.2, 0.25) is 0 Å². The number of benzene rings is 1. The van der Waals surface area contributed by atoms with Gasteiger partial charge < -0.3 is 15.5 Å². The Hall–Kier alpha value is -1.39. The molecule has 1 amide bonds. The van der Waals surface area contributed by atoms with Gasteiger partial charge in [-0.15, -0.1) is 0 Å². The molecule has 1 aliphatic heterocycles. The van der Waals surface area contributed by atoms with Crippen LogP contribution in [0.1, 0.15) is 31.4 Å². The van der Waals surface area contributed by atoms with E-state index in [1.807, 2.05) is 49.2 Å². The van der Waals surface area contributed by atoms with E-state index in [4.69, 9.17) is 5.73 Å². The van der Waals surface area contributed by atoms with Gasteiger partial charge in [0.15, 0.2) is 0 Å². The van der Waals surface area contributed by atoms with Crippen LogP contribution in [-0.2, 0) is 4.79 Å². The van der Waals surface area contributed by atoms with E-state index in [0.717, 1.165) is 18.7 Å². The Morgan fingerprint density at radius 2 is 2.10 bits per heavy atom. The van der Waals surface area contributed by atoms with Crippen molar-refractivity contribution in [1.29, 1.82) is 0 Å². The van der Waals surface area contributed by atoms with E-state index in [9.17, 15) is 4.79 Å². The van der Waals surface area contributed by atoms with Crippen molar-refractivity contribution in [2.24, 2.45) is 11.7 Å². The van der Waals surface area contributed by atoms with Crippen molar-refractivity contribution in [2.75, 3.05) is 27.2 Å². The molecule has 0 spiro atoms. The van der Waals surface area contributed by atoms with Crippen molar-refractivity contribution in [3.8, 4) is 0 Å². The third kappa shape index (κ3) is 3.83. The summed E-state index contributed by atoms with van der Waals surface area (Å²) in [6.45, 7) is 3.85. The number of hydrogen-bond donors (Lipinski definition) is 1. The molecule has 4 heteroatoms. The van der Waals surface area contributed by atoms with Gasteiger partial charge in [-0.3, -0.25) is 4.79 Å². The second kappa shape index (κ2) is 7.05. The highest BCUT2D eigenvalue weighted by atomic mass is 16.2. The number of likely N-dealkylation sites (tertiary alicyclic amines) is 1. The van der Waals surface area contributed by atoms with Crippen LogP contribution in [0.15, 0.2) is 30.3 Å². The Bertz CT molecular complexity index is 462. The van der Waals surface area contributed by atoms with Gasteiger partial charge in [-0.1, -0.05) is 37.3 Å². The summed E-state index contributed by atoms with van der Waals surface area (Å²) >= 11 is 0. The Labute approximate surface area is 127 Å². The first kappa shape index (κ1) is 16.0. The molecule has 1 aliphatic rings. The number of hydrogen-bond acceptors (Lipinski definition) is 3. The standard InChI is InChI=1S/C17H27N3O/c1-13(16(18)14-8-5-4-6-9-14)17(21)20(3)12-15-10-7-11-19(15)2/h4-6,8-9,13,15-16H,7,10-12,18H2,1-3H3. The number of carbonyl (C=O) groups is 1. The lowest BCUT2D eigenvalue weighted by molar-refractivity contribution is -0.134. The van der Waals surface area contributed by atoms with Gasteiger partial charge in [0.05, 0.1) is 5.92 Å². The molecule has 0 aromatic heterocycles. The molecule has 2 rings (SSSR count). The summed E-state index contributed by atoms with van der Waals surface area (Å²) in [6.07, 6.45) is 2.40. The first-order valence-corrected chi connectivity index (χ1v) is 7.76. The molecule has 3 unspecified atom stereocenters. The zero-order valence-corrected chi connectivity index (χ0v) is 13.3. The van der Waals surface area contributed by atoms with Crippen LogP contribution in [0.25, 0.3) is 0 Å². The number of amides is 1. The summed E-state index contributed by atoms with van der Waals surface area (Å²) in [5, 5.41) is 0. The Kier molecular flexibility index (Phi) is 5.37. The molecular weight excluding hydrogens is 262 g/mol. The highest BCUT2D eigenvalue weighted by Gasteiger charge is 2.28. The molecule has 1 aromatic rings. The van der Waals surface area contributed by atoms with E-state index in [0.29, 0.717) is 6.04 Å². The number of rotatable bonds is 5. The van der Waals surface area contributed by atoms with Crippen LogP contribution < -0.4 is 5.73 Å². The summed E-state index contributed by atoms with van der Waals surface area (Å²) < 4.78 is 0. The van der Waals surface area contributed by atoms with E-state index >= 15 is 0 Å². The predicted molar refractivity (Wildman–Crippen MR) is 85.8 cm³/mol. The average molecular weight is 289 g/mol. The lowest BCUT2D eigenvalue weighted by atomic mass is 9.94. The van der Waals surface area contributed by atoms with Crippen LogP contribution in [0.4, 0.5) is 0 Å². The van der Waals surface area contributed by atoms with Crippen molar-refractivity contribution >= 4 is 5.91 Å². The van der Waals surface area contributed by atoms with Gasteiger partial charge in [-0.05, 0) is 32.0 Å². The molecule has 21 heavy (non-hydrogen) atoms. The van der Waals surface area contributed by atoms with Crippen LogP contribution in [0.5, 0.6) is 0 Å². The first-order chi connectivity index (χ1) is 10.0. The molecule has 1 fully saturated rings. The molecule has 1 saturated heterocycles. The fraction of sp³-hybridized carbons (Fsp3) is 0.588. The molecule has 116 valence electrons. The largest absolute Gasteiger partial charge is 0.344 e. The molecule has 4 nitrogen and oxygen atoms in total. The molecule has 2 N–H and O–H groups in total. The molecule has 0 aliphatic carbocycles. The molecule has 3 atom stereocenters. The van der Waals surface area contributed by atoms with Gasteiger partial charge in [0.25, 0.3) is 0 Å². The van der Waals surface area contributed by atoms with E-state index < -0.39 is 0 Å². The lowest BCUT2D eigenvalue weighted by Gasteiger charge is -2.29. The van der Waals surface area contributed by atoms with Crippen LogP contribution in [0, 0.1) is 5.92 Å². The van der Waals surface area contributed by atoms with E-state index in [-0.39, 0.29) is 17.9 Å². The van der Waals surface area contributed by atoms with Crippen molar-refractivity contribution < 1.29 is 4.79 Å². The lowest BCUT2D eigenvalue weighted by Crippen LogP contribution is -2.43. The molecule has 1 heterocycles. The molecule has 0 bridgehead atoms. The Balaban J connectivity index is 1.95. The van der Waals surface area contributed by atoms with Crippen molar-refractivity contribution in [3.63, 3.8) is 0 Å². The number of likely N-dealkylation sites (N-methyl/N-ethyl adjacent to an activating group) is 2. The maximum atomic E-state index is 12.6. The third-order valence-corrected chi connectivity index (χ3v) is 4.65. The maximum absolute atomic E-state index is 12.6. The molecule has 0 radical (unpaired) electrons. The van der Waals surface area contributed by atoms with E-state index in [2.05, 4.69) is 11.9 Å². The van der Waals surface area contributed by atoms with Crippen LogP contribution in [0.3, 0.4) is 0 Å². The summed E-state index contributed by atoms with van der Waals surface area (Å²) in [4.78, 5) is 16.8. The molecular formula is C17H27N3O. The van der Waals surface area contributed by atoms with Gasteiger partial charge in [0, 0.05) is 25.7 Å². The number of nitrogens with zero attached hydrogens (tertiary/aromatic N) is 2. The average Bonchev–Trinajstić information content (AvgIpc) is 2.91. The fourth-order valence-electron chi connectivity index (χ4n) is 3.08. The zero-order valence-electron chi connectivity index (χ0n) is 13.3. The summed E-state index contributed by atoms with van der Waals surface area (Å²) in [6, 6.07) is 10.1. The maximum Gasteiger partial charge on any atom is 0.227 e. The van der Waals surface area contributed by atoms with Crippen molar-refractivity contribution in [1.82, 2.24) is 9.80 Å². The SMILES string of the molecule is CC(C(=O)N(C)CC1CCCN1C)C(N)c1ccccc1. The Morgan fingerprint density at radius 3 is 2.67 bits per heavy atom. The van der Waals surface area contributed by atoms with Gasteiger partial charge >= 0.3 is 0 Å². The van der Waals surface area contributed by atoms with Crippen molar-refractivity contribution in [2.45, 2.75) is 31.8 Å². The minimum Gasteiger partial charge on any atom is -0.344 e. The predicted octanol–water partition coefficient (Wildman–Crippen LogP) is 1.88. The van der Waals surface area contributed by atoms with Crippen LogP contribution >= 0.6 is 0 Å². The topological polar surface area (TPSA) is 49.6 Å². The van der Waals surface area contributed by atoms with Gasteiger partial charge in [-0.25, -0.2) is 0 Å².